The summed E-state index contributed by atoms with van der Waals surface area (Å²) in [4.78, 5) is 13.1. The van der Waals surface area contributed by atoms with Gasteiger partial charge >= 0.3 is 5.76 Å². The van der Waals surface area contributed by atoms with Crippen LogP contribution in [0, 0.1) is 12.7 Å². The number of H-pyrrole nitrogens is 1. The van der Waals surface area contributed by atoms with Crippen LogP contribution in [0.5, 0.6) is 0 Å². The number of benzene rings is 1. The van der Waals surface area contributed by atoms with Crippen molar-refractivity contribution in [3.8, 4) is 0 Å². The van der Waals surface area contributed by atoms with Gasteiger partial charge in [0.25, 0.3) is 0 Å². The van der Waals surface area contributed by atoms with Gasteiger partial charge in [0.1, 0.15) is 5.82 Å². The van der Waals surface area contributed by atoms with Crippen LogP contribution in [-0.2, 0) is 6.42 Å². The highest BCUT2D eigenvalue weighted by Gasteiger charge is 2.04. The van der Waals surface area contributed by atoms with Gasteiger partial charge in [0, 0.05) is 6.42 Å². The standard InChI is InChI=1S/C10H9FN2O2/c1-6-2-7(4-8(11)3-6)5-9-12-10(14)15-13-9/h2-4H,5H2,1H3,(H,12,13,14). The molecule has 0 bridgehead atoms. The van der Waals surface area contributed by atoms with E-state index in [0.717, 1.165) is 11.1 Å². The predicted octanol–water partition coefficient (Wildman–Crippen LogP) is 1.40. The Hall–Kier alpha value is -1.91. The summed E-state index contributed by atoms with van der Waals surface area (Å²) in [5.41, 5.74) is 1.58. The molecule has 2 aromatic rings. The number of hydrogen-bond donors (Lipinski definition) is 1. The first-order valence-corrected chi connectivity index (χ1v) is 4.44. The van der Waals surface area contributed by atoms with Crippen LogP contribution < -0.4 is 5.76 Å². The van der Waals surface area contributed by atoms with Crippen molar-refractivity contribution in [1.29, 1.82) is 0 Å². The highest BCUT2D eigenvalue weighted by Crippen LogP contribution is 2.10. The van der Waals surface area contributed by atoms with E-state index in [9.17, 15) is 9.18 Å². The van der Waals surface area contributed by atoms with Gasteiger partial charge in [-0.25, -0.2) is 9.18 Å². The lowest BCUT2D eigenvalue weighted by molar-refractivity contribution is 0.382. The summed E-state index contributed by atoms with van der Waals surface area (Å²) in [6.45, 7) is 1.80. The molecule has 2 rings (SSSR count). The number of aromatic amines is 1. The van der Waals surface area contributed by atoms with Gasteiger partial charge in [0.05, 0.1) is 0 Å². The lowest BCUT2D eigenvalue weighted by Crippen LogP contribution is -1.98. The molecular formula is C10H9FN2O2. The first-order chi connectivity index (χ1) is 7.13. The molecule has 0 saturated heterocycles. The van der Waals surface area contributed by atoms with Crippen LogP contribution in [0.2, 0.25) is 0 Å². The third-order valence-electron chi connectivity index (χ3n) is 1.96. The number of rotatable bonds is 2. The minimum atomic E-state index is -0.599. The number of aromatic nitrogens is 2. The average molecular weight is 208 g/mol. The second kappa shape index (κ2) is 3.68. The Morgan fingerprint density at radius 3 is 2.87 bits per heavy atom. The third kappa shape index (κ3) is 2.31. The monoisotopic (exact) mass is 208 g/mol. The van der Waals surface area contributed by atoms with Crippen LogP contribution in [0.3, 0.4) is 0 Å². The first-order valence-electron chi connectivity index (χ1n) is 4.44. The molecule has 0 spiro atoms. The second-order valence-electron chi connectivity index (χ2n) is 3.36. The maximum absolute atomic E-state index is 13.0. The second-order valence-corrected chi connectivity index (χ2v) is 3.36. The van der Waals surface area contributed by atoms with Crippen LogP contribution in [0.15, 0.2) is 27.5 Å². The molecule has 0 amide bonds. The quantitative estimate of drug-likeness (QED) is 0.811. The van der Waals surface area contributed by atoms with Gasteiger partial charge < -0.3 is 0 Å². The maximum Gasteiger partial charge on any atom is 0.438 e. The number of halogens is 1. The van der Waals surface area contributed by atoms with E-state index in [1.807, 2.05) is 6.07 Å². The number of aryl methyl sites for hydroxylation is 1. The van der Waals surface area contributed by atoms with E-state index in [4.69, 9.17) is 0 Å². The third-order valence-corrected chi connectivity index (χ3v) is 1.96. The summed E-state index contributed by atoms with van der Waals surface area (Å²) >= 11 is 0. The normalized spacial score (nSPS) is 10.5. The van der Waals surface area contributed by atoms with E-state index >= 15 is 0 Å². The SMILES string of the molecule is Cc1cc(F)cc(Cc2noc(=O)[nH]2)c1. The molecule has 78 valence electrons. The van der Waals surface area contributed by atoms with E-state index in [0.29, 0.717) is 12.2 Å². The van der Waals surface area contributed by atoms with Crippen LogP contribution in [0.4, 0.5) is 4.39 Å². The van der Waals surface area contributed by atoms with Crippen LogP contribution >= 0.6 is 0 Å². The minimum Gasteiger partial charge on any atom is -0.296 e. The molecule has 0 atom stereocenters. The fourth-order valence-corrected chi connectivity index (χ4v) is 1.44. The van der Waals surface area contributed by atoms with E-state index in [1.54, 1.807) is 6.92 Å². The molecule has 1 aromatic carbocycles. The van der Waals surface area contributed by atoms with Gasteiger partial charge in [0.15, 0.2) is 5.82 Å². The Balaban J connectivity index is 2.27. The molecule has 1 heterocycles. The summed E-state index contributed by atoms with van der Waals surface area (Å²) in [5, 5.41) is 3.50. The van der Waals surface area contributed by atoms with Crippen molar-refractivity contribution in [2.24, 2.45) is 0 Å². The highest BCUT2D eigenvalue weighted by atomic mass is 19.1. The van der Waals surface area contributed by atoms with Crippen molar-refractivity contribution >= 4 is 0 Å². The summed E-state index contributed by atoms with van der Waals surface area (Å²) in [6.07, 6.45) is 0.352. The number of hydrogen-bond acceptors (Lipinski definition) is 3. The summed E-state index contributed by atoms with van der Waals surface area (Å²) < 4.78 is 17.4. The lowest BCUT2D eigenvalue weighted by Gasteiger charge is -1.99. The molecule has 0 fully saturated rings. The molecule has 0 aliphatic heterocycles. The van der Waals surface area contributed by atoms with Crippen molar-refractivity contribution in [1.82, 2.24) is 10.1 Å². The molecule has 1 N–H and O–H groups in total. The molecule has 0 radical (unpaired) electrons. The Morgan fingerprint density at radius 2 is 2.27 bits per heavy atom. The fraction of sp³-hybridized carbons (Fsp3) is 0.200. The predicted molar refractivity (Wildman–Crippen MR) is 51.1 cm³/mol. The van der Waals surface area contributed by atoms with E-state index in [-0.39, 0.29) is 5.82 Å². The van der Waals surface area contributed by atoms with Gasteiger partial charge in [-0.15, -0.1) is 0 Å². The molecular weight excluding hydrogens is 199 g/mol. The average Bonchev–Trinajstić information content (AvgIpc) is 2.49. The zero-order valence-corrected chi connectivity index (χ0v) is 8.08. The Labute approximate surface area is 84.7 Å². The van der Waals surface area contributed by atoms with E-state index in [1.165, 1.54) is 12.1 Å². The van der Waals surface area contributed by atoms with E-state index in [2.05, 4.69) is 14.7 Å². The number of nitrogens with one attached hydrogen (secondary N) is 1. The van der Waals surface area contributed by atoms with E-state index < -0.39 is 5.76 Å². The van der Waals surface area contributed by atoms with Gasteiger partial charge in [-0.05, 0) is 30.2 Å². The van der Waals surface area contributed by atoms with Crippen LogP contribution in [-0.4, -0.2) is 10.1 Å². The molecule has 0 aliphatic rings. The van der Waals surface area contributed by atoms with Crippen LogP contribution in [0.1, 0.15) is 17.0 Å². The summed E-state index contributed by atoms with van der Waals surface area (Å²) in [6, 6.07) is 4.67. The van der Waals surface area contributed by atoms with Crippen molar-refractivity contribution in [3.05, 3.63) is 51.5 Å². The van der Waals surface area contributed by atoms with Gasteiger partial charge in [0.2, 0.25) is 0 Å². The topological polar surface area (TPSA) is 58.9 Å². The van der Waals surface area contributed by atoms with Crippen molar-refractivity contribution in [3.63, 3.8) is 0 Å². The highest BCUT2D eigenvalue weighted by molar-refractivity contribution is 5.25. The van der Waals surface area contributed by atoms with Crippen molar-refractivity contribution < 1.29 is 8.91 Å². The fourth-order valence-electron chi connectivity index (χ4n) is 1.44. The minimum absolute atomic E-state index is 0.296. The smallest absolute Gasteiger partial charge is 0.296 e. The van der Waals surface area contributed by atoms with Crippen molar-refractivity contribution in [2.75, 3.05) is 0 Å². The molecule has 5 heteroatoms. The summed E-state index contributed by atoms with van der Waals surface area (Å²) in [5.74, 6) is -0.501. The largest absolute Gasteiger partial charge is 0.438 e. The molecule has 15 heavy (non-hydrogen) atoms. The summed E-state index contributed by atoms with van der Waals surface area (Å²) in [7, 11) is 0. The van der Waals surface area contributed by atoms with Crippen molar-refractivity contribution in [2.45, 2.75) is 13.3 Å². The lowest BCUT2D eigenvalue weighted by atomic mass is 10.1. The van der Waals surface area contributed by atoms with Gasteiger partial charge in [-0.2, -0.15) is 0 Å². The van der Waals surface area contributed by atoms with Crippen LogP contribution in [0.25, 0.3) is 0 Å². The molecule has 0 saturated carbocycles. The maximum atomic E-state index is 13.0. The number of nitrogens with zero attached hydrogens (tertiary/aromatic N) is 1. The molecule has 1 aromatic heterocycles. The zero-order valence-electron chi connectivity index (χ0n) is 8.08. The zero-order chi connectivity index (χ0) is 10.8. The van der Waals surface area contributed by atoms with Gasteiger partial charge in [-0.1, -0.05) is 11.2 Å². The Kier molecular flexibility index (Phi) is 2.37. The molecule has 0 unspecified atom stereocenters. The molecule has 4 nitrogen and oxygen atoms in total. The molecule has 0 aliphatic carbocycles. The Morgan fingerprint density at radius 1 is 1.47 bits per heavy atom. The van der Waals surface area contributed by atoms with Gasteiger partial charge in [-0.3, -0.25) is 9.51 Å². The first kappa shape index (κ1) is 9.64. The Bertz CT molecular complexity index is 510.